The van der Waals surface area contributed by atoms with Gasteiger partial charge in [0, 0.05) is 44.5 Å². The van der Waals surface area contributed by atoms with Gasteiger partial charge in [0.25, 0.3) is 0 Å². The number of carbonyl (C=O) groups excluding carboxylic acids is 2. The van der Waals surface area contributed by atoms with Crippen molar-refractivity contribution in [1.82, 2.24) is 29.7 Å². The molecule has 0 bridgehead atoms. The largest absolute Gasteiger partial charge is 0.480 e. The van der Waals surface area contributed by atoms with Crippen molar-refractivity contribution in [2.75, 3.05) is 64.7 Å². The van der Waals surface area contributed by atoms with E-state index in [0.717, 1.165) is 82.6 Å². The Labute approximate surface area is 289 Å². The molecule has 0 saturated carbocycles. The number of hydrogen-bond donors (Lipinski definition) is 4. The molecule has 0 aromatic carbocycles. The summed E-state index contributed by atoms with van der Waals surface area (Å²) in [4.78, 5) is 48.0. The predicted octanol–water partition coefficient (Wildman–Crippen LogP) is 1.59. The minimum absolute atomic E-state index is 0.0146. The van der Waals surface area contributed by atoms with Crippen molar-refractivity contribution in [2.24, 2.45) is 17.8 Å². The fraction of sp³-hybridized carbons (Fsp3) is 0.657. The molecule has 5 aliphatic rings. The lowest BCUT2D eigenvalue weighted by molar-refractivity contribution is -0.142. The van der Waals surface area contributed by atoms with Gasteiger partial charge in [-0.15, -0.1) is 0 Å². The summed E-state index contributed by atoms with van der Waals surface area (Å²) in [6.45, 7) is 4.29. The van der Waals surface area contributed by atoms with Crippen LogP contribution in [0.25, 0.3) is 0 Å². The number of carboxylic acid groups (broad SMARTS) is 1. The first-order chi connectivity index (χ1) is 23.6. The number of hydrogen-bond acceptors (Lipinski definition) is 9. The van der Waals surface area contributed by atoms with E-state index in [-0.39, 0.29) is 35.9 Å². The monoisotopic (exact) mass is 697 g/mol. The summed E-state index contributed by atoms with van der Waals surface area (Å²) in [6, 6.07) is 3.00. The second-order valence-corrected chi connectivity index (χ2v) is 16.2. The first kappa shape index (κ1) is 35.5. The summed E-state index contributed by atoms with van der Waals surface area (Å²) in [7, 11) is -1.81. The van der Waals surface area contributed by atoms with Crippen LogP contribution in [0.4, 0.5) is 5.82 Å². The highest BCUT2D eigenvalue weighted by atomic mass is 32.2. The van der Waals surface area contributed by atoms with Crippen LogP contribution in [-0.2, 0) is 37.2 Å². The van der Waals surface area contributed by atoms with Crippen molar-refractivity contribution in [3.63, 3.8) is 0 Å². The molecule has 2 unspecified atom stereocenters. The summed E-state index contributed by atoms with van der Waals surface area (Å²) in [5.74, 6) is -1.62. The lowest BCUT2D eigenvalue weighted by Crippen LogP contribution is -2.53. The molecule has 49 heavy (non-hydrogen) atoms. The minimum atomic E-state index is -3.80. The fourth-order valence-electron chi connectivity index (χ4n) is 7.90. The van der Waals surface area contributed by atoms with Gasteiger partial charge in [-0.2, -0.15) is 4.31 Å². The van der Waals surface area contributed by atoms with E-state index in [0.29, 0.717) is 31.8 Å². The lowest BCUT2D eigenvalue weighted by atomic mass is 9.96. The average Bonchev–Trinajstić information content (AvgIpc) is 3.49. The molecule has 1 aromatic rings. The van der Waals surface area contributed by atoms with Crippen molar-refractivity contribution in [3.8, 4) is 0 Å². The molecule has 1 aliphatic carbocycles. The predicted molar refractivity (Wildman–Crippen MR) is 186 cm³/mol. The molecule has 0 spiro atoms. The number of likely N-dealkylation sites (tertiary alicyclic amines) is 2. The first-order valence-electron chi connectivity index (χ1n) is 17.9. The third kappa shape index (κ3) is 8.53. The number of aromatic nitrogens is 1. The van der Waals surface area contributed by atoms with Crippen LogP contribution < -0.4 is 16.0 Å². The quantitative estimate of drug-likeness (QED) is 0.252. The van der Waals surface area contributed by atoms with E-state index in [9.17, 15) is 27.9 Å². The highest BCUT2D eigenvalue weighted by molar-refractivity contribution is 7.93. The number of amides is 2. The number of carboxylic acids is 1. The number of nitrogens with one attached hydrogen (secondary N) is 3. The van der Waals surface area contributed by atoms with E-state index in [1.807, 2.05) is 19.2 Å². The molecule has 268 valence electrons. The van der Waals surface area contributed by atoms with E-state index < -0.39 is 33.9 Å². The van der Waals surface area contributed by atoms with Crippen LogP contribution in [0.5, 0.6) is 0 Å². The number of sulfonamides is 1. The zero-order valence-corrected chi connectivity index (χ0v) is 29.3. The molecule has 3 fully saturated rings. The zero-order valence-electron chi connectivity index (χ0n) is 28.5. The Morgan fingerprint density at radius 1 is 1.04 bits per heavy atom. The van der Waals surface area contributed by atoms with Gasteiger partial charge in [0.05, 0.1) is 16.7 Å². The Bertz CT molecular complexity index is 1560. The molecule has 0 radical (unpaired) electrons. The molecule has 4 N–H and O–H groups in total. The van der Waals surface area contributed by atoms with Gasteiger partial charge in [-0.25, -0.2) is 18.2 Å². The van der Waals surface area contributed by atoms with Gasteiger partial charge >= 0.3 is 5.97 Å². The minimum Gasteiger partial charge on any atom is -0.480 e. The van der Waals surface area contributed by atoms with Crippen molar-refractivity contribution < 1.29 is 27.9 Å². The van der Waals surface area contributed by atoms with Crippen LogP contribution in [-0.4, -0.2) is 122 Å². The maximum absolute atomic E-state index is 13.6. The number of likely N-dealkylation sites (N-methyl/N-ethyl adjacent to an activating group) is 1. The molecule has 13 nitrogen and oxygen atoms in total. The summed E-state index contributed by atoms with van der Waals surface area (Å²) >= 11 is 0. The molecule has 2 amide bonds. The van der Waals surface area contributed by atoms with E-state index in [4.69, 9.17) is 4.98 Å². The highest BCUT2D eigenvalue weighted by Crippen LogP contribution is 2.33. The van der Waals surface area contributed by atoms with Gasteiger partial charge in [0.1, 0.15) is 11.9 Å². The van der Waals surface area contributed by atoms with E-state index in [2.05, 4.69) is 37.9 Å². The molecule has 6 rings (SSSR count). The van der Waals surface area contributed by atoms with Crippen LogP contribution in [0.3, 0.4) is 0 Å². The number of aryl methyl sites for hydroxylation is 2. The average molecular weight is 698 g/mol. The maximum Gasteiger partial charge on any atom is 0.328 e. The number of nitrogens with zero attached hydrogens (tertiary/aromatic N) is 4. The molecule has 4 aliphatic heterocycles. The Hall–Kier alpha value is -3.33. The number of pyridine rings is 1. The number of anilines is 1. The van der Waals surface area contributed by atoms with Crippen LogP contribution in [0.2, 0.25) is 0 Å². The summed E-state index contributed by atoms with van der Waals surface area (Å²) < 4.78 is 28.5. The number of allylic oxidation sites excluding steroid dienone is 1. The number of piperidine rings is 2. The maximum atomic E-state index is 13.6. The van der Waals surface area contributed by atoms with Gasteiger partial charge in [-0.05, 0) is 114 Å². The van der Waals surface area contributed by atoms with Gasteiger partial charge in [0.2, 0.25) is 21.8 Å². The standard InChI is InChI=1S/C35H51N7O6S/c1-40-19-14-24-11-13-29(20-31(24)40)49(47,48)42-18-4-8-27(23-42)34(44)39-30(35(45)46)21-37-33(43)26-7-3-16-41(22-26)17-5-9-28-12-10-25-6-2-15-36-32(25)38-28/h10-13,20,24,26-27,30-31H,2-9,14-19,21-23H2,1H3,(H,36,38)(H,37,43)(H,39,44)(H,45,46)/t24?,26-,27-,30+,31?/m1/s1. The number of rotatable bonds is 12. The normalized spacial score (nSPS) is 26.9. The van der Waals surface area contributed by atoms with Crippen molar-refractivity contribution in [1.29, 1.82) is 0 Å². The van der Waals surface area contributed by atoms with Crippen molar-refractivity contribution in [3.05, 3.63) is 46.5 Å². The van der Waals surface area contributed by atoms with E-state index >= 15 is 0 Å². The molecule has 14 heteroatoms. The number of fused-ring (bicyclic) bond motifs is 2. The van der Waals surface area contributed by atoms with Gasteiger partial charge in [0.15, 0.2) is 0 Å². The van der Waals surface area contributed by atoms with Crippen LogP contribution >= 0.6 is 0 Å². The van der Waals surface area contributed by atoms with Crippen LogP contribution in [0.1, 0.15) is 56.2 Å². The number of carbonyl (C=O) groups is 3. The first-order valence-corrected chi connectivity index (χ1v) is 19.4. The third-order valence-corrected chi connectivity index (χ3v) is 12.7. The highest BCUT2D eigenvalue weighted by Gasteiger charge is 2.38. The van der Waals surface area contributed by atoms with Crippen molar-refractivity contribution in [2.45, 2.75) is 69.9 Å². The van der Waals surface area contributed by atoms with Crippen LogP contribution in [0, 0.1) is 17.8 Å². The van der Waals surface area contributed by atoms with E-state index in [1.54, 1.807) is 6.08 Å². The Balaban J connectivity index is 0.960. The molecular formula is C35H51N7O6S. The molecule has 5 heterocycles. The molecular weight excluding hydrogens is 646 g/mol. The Morgan fingerprint density at radius 3 is 2.65 bits per heavy atom. The van der Waals surface area contributed by atoms with Gasteiger partial charge < -0.3 is 26.0 Å². The molecule has 5 atom stereocenters. The SMILES string of the molecule is CN1CCC2C=CC(S(=O)(=O)N3CCC[C@@H](C(=O)N[C@@H](CNC(=O)[C@@H]4CCCN(CCCc5ccc6c(n5)NCCC6)C4)C(=O)O)C3)=CC21. The van der Waals surface area contributed by atoms with Crippen LogP contribution in [0.15, 0.2) is 35.3 Å². The summed E-state index contributed by atoms with van der Waals surface area (Å²) in [5, 5.41) is 18.6. The number of aliphatic carboxylic acids is 1. The molecule has 3 saturated heterocycles. The smallest absolute Gasteiger partial charge is 0.328 e. The van der Waals surface area contributed by atoms with Crippen molar-refractivity contribution >= 4 is 33.6 Å². The Kier molecular flexibility index (Phi) is 11.4. The zero-order chi connectivity index (χ0) is 34.5. The third-order valence-electron chi connectivity index (χ3n) is 10.8. The lowest BCUT2D eigenvalue weighted by Gasteiger charge is -2.33. The molecule has 1 aromatic heterocycles. The van der Waals surface area contributed by atoms with Gasteiger partial charge in [-0.3, -0.25) is 14.5 Å². The van der Waals surface area contributed by atoms with E-state index in [1.165, 1.54) is 9.87 Å². The summed E-state index contributed by atoms with van der Waals surface area (Å²) in [6.07, 6.45) is 13.0. The second kappa shape index (κ2) is 15.7. The fourth-order valence-corrected chi connectivity index (χ4v) is 9.51. The van der Waals surface area contributed by atoms with Gasteiger partial charge in [-0.1, -0.05) is 12.1 Å². The Morgan fingerprint density at radius 2 is 1.84 bits per heavy atom. The topological polar surface area (TPSA) is 164 Å². The second-order valence-electron chi connectivity index (χ2n) is 14.3. The summed E-state index contributed by atoms with van der Waals surface area (Å²) in [5.41, 5.74) is 2.34.